The van der Waals surface area contributed by atoms with Crippen molar-refractivity contribution in [3.05, 3.63) is 29.6 Å². The highest BCUT2D eigenvalue weighted by atomic mass is 35.5. The van der Waals surface area contributed by atoms with Gasteiger partial charge in [0, 0.05) is 23.5 Å². The SMILES string of the molecule is CCOC(=O)c1cnc(CNC)c2cc(OC)c(OC)cc12.Cl. The van der Waals surface area contributed by atoms with E-state index in [0.29, 0.717) is 30.2 Å². The number of fused-ring (bicyclic) bond motifs is 1. The van der Waals surface area contributed by atoms with E-state index in [2.05, 4.69) is 10.3 Å². The zero-order valence-corrected chi connectivity index (χ0v) is 14.5. The lowest BCUT2D eigenvalue weighted by Crippen LogP contribution is -2.11. The van der Waals surface area contributed by atoms with Gasteiger partial charge in [-0.25, -0.2) is 4.79 Å². The summed E-state index contributed by atoms with van der Waals surface area (Å²) in [7, 11) is 4.97. The van der Waals surface area contributed by atoms with E-state index in [1.807, 2.05) is 13.1 Å². The molecule has 1 N–H and O–H groups in total. The molecule has 0 bridgehead atoms. The molecule has 0 radical (unpaired) electrons. The molecule has 0 unspecified atom stereocenters. The molecule has 0 atom stereocenters. The number of carbonyl (C=O) groups is 1. The Morgan fingerprint density at radius 3 is 2.30 bits per heavy atom. The van der Waals surface area contributed by atoms with Gasteiger partial charge in [0.05, 0.1) is 32.1 Å². The first-order valence-corrected chi connectivity index (χ1v) is 7.01. The van der Waals surface area contributed by atoms with E-state index in [-0.39, 0.29) is 12.4 Å². The van der Waals surface area contributed by atoms with Crippen LogP contribution in [0.25, 0.3) is 10.8 Å². The molecule has 2 aromatic rings. The monoisotopic (exact) mass is 340 g/mol. The fourth-order valence-electron chi connectivity index (χ4n) is 2.30. The number of halogens is 1. The van der Waals surface area contributed by atoms with Crippen molar-refractivity contribution in [3.8, 4) is 11.5 Å². The number of ether oxygens (including phenoxy) is 3. The predicted molar refractivity (Wildman–Crippen MR) is 90.8 cm³/mol. The molecule has 7 heteroatoms. The van der Waals surface area contributed by atoms with Crippen LogP contribution in [0, 0.1) is 0 Å². The van der Waals surface area contributed by atoms with Crippen LogP contribution in [-0.2, 0) is 11.3 Å². The van der Waals surface area contributed by atoms with Gasteiger partial charge in [-0.1, -0.05) is 0 Å². The fourth-order valence-corrected chi connectivity index (χ4v) is 2.30. The number of rotatable bonds is 6. The van der Waals surface area contributed by atoms with E-state index in [1.54, 1.807) is 33.4 Å². The average molecular weight is 341 g/mol. The highest BCUT2D eigenvalue weighted by Crippen LogP contribution is 2.34. The Balaban J connectivity index is 0.00000264. The summed E-state index contributed by atoms with van der Waals surface area (Å²) in [6, 6.07) is 3.61. The maximum Gasteiger partial charge on any atom is 0.340 e. The molecule has 126 valence electrons. The minimum atomic E-state index is -0.400. The summed E-state index contributed by atoms with van der Waals surface area (Å²) in [5.41, 5.74) is 1.24. The van der Waals surface area contributed by atoms with Gasteiger partial charge in [0.1, 0.15) is 0 Å². The Kier molecular flexibility index (Phi) is 7.06. The smallest absolute Gasteiger partial charge is 0.340 e. The van der Waals surface area contributed by atoms with Gasteiger partial charge in [-0.3, -0.25) is 4.98 Å². The first kappa shape index (κ1) is 19.0. The van der Waals surface area contributed by atoms with Gasteiger partial charge in [-0.15, -0.1) is 12.4 Å². The van der Waals surface area contributed by atoms with Gasteiger partial charge in [0.15, 0.2) is 11.5 Å². The molecular formula is C16H21ClN2O4. The average Bonchev–Trinajstić information content (AvgIpc) is 2.54. The molecule has 23 heavy (non-hydrogen) atoms. The van der Waals surface area contributed by atoms with Crippen LogP contribution < -0.4 is 14.8 Å². The highest BCUT2D eigenvalue weighted by Gasteiger charge is 2.17. The molecule has 0 fully saturated rings. The molecule has 1 heterocycles. The Hall–Kier alpha value is -2.05. The molecule has 2 rings (SSSR count). The van der Waals surface area contributed by atoms with Crippen molar-refractivity contribution in [2.24, 2.45) is 0 Å². The maximum atomic E-state index is 12.1. The third kappa shape index (κ3) is 3.83. The lowest BCUT2D eigenvalue weighted by molar-refractivity contribution is 0.0528. The molecule has 0 spiro atoms. The summed E-state index contributed by atoms with van der Waals surface area (Å²) >= 11 is 0. The van der Waals surface area contributed by atoms with Gasteiger partial charge >= 0.3 is 5.97 Å². The lowest BCUT2D eigenvalue weighted by atomic mass is 10.0. The molecule has 0 saturated heterocycles. The number of esters is 1. The van der Waals surface area contributed by atoms with Gasteiger partial charge in [-0.2, -0.15) is 0 Å². The third-order valence-electron chi connectivity index (χ3n) is 3.31. The molecule has 0 aliphatic carbocycles. The molecule has 1 aromatic carbocycles. The number of methoxy groups -OCH3 is 2. The summed E-state index contributed by atoms with van der Waals surface area (Å²) in [6.45, 7) is 2.66. The number of benzene rings is 1. The summed E-state index contributed by atoms with van der Waals surface area (Å²) in [5.74, 6) is 0.751. The Labute approximate surface area is 141 Å². The Morgan fingerprint density at radius 2 is 1.78 bits per heavy atom. The second kappa shape index (κ2) is 8.55. The summed E-state index contributed by atoms with van der Waals surface area (Å²) < 4.78 is 15.8. The number of carbonyl (C=O) groups excluding carboxylic acids is 1. The van der Waals surface area contributed by atoms with Crippen molar-refractivity contribution in [1.82, 2.24) is 10.3 Å². The molecule has 6 nitrogen and oxygen atoms in total. The second-order valence-corrected chi connectivity index (χ2v) is 4.62. The summed E-state index contributed by atoms with van der Waals surface area (Å²) in [4.78, 5) is 16.5. The molecule has 0 aliphatic heterocycles. The van der Waals surface area contributed by atoms with Crippen molar-refractivity contribution >= 4 is 29.1 Å². The van der Waals surface area contributed by atoms with Crippen LogP contribution in [0.2, 0.25) is 0 Å². The minimum Gasteiger partial charge on any atom is -0.493 e. The normalized spacial score (nSPS) is 10.1. The molecule has 0 amide bonds. The topological polar surface area (TPSA) is 69.7 Å². The summed E-state index contributed by atoms with van der Waals surface area (Å²) in [6.07, 6.45) is 1.54. The van der Waals surface area contributed by atoms with Crippen LogP contribution >= 0.6 is 12.4 Å². The van der Waals surface area contributed by atoms with Crippen LogP contribution in [0.5, 0.6) is 11.5 Å². The van der Waals surface area contributed by atoms with Crippen LogP contribution in [-0.4, -0.2) is 38.8 Å². The summed E-state index contributed by atoms with van der Waals surface area (Å²) in [5, 5.41) is 4.63. The molecular weight excluding hydrogens is 320 g/mol. The van der Waals surface area contributed by atoms with Crippen molar-refractivity contribution < 1.29 is 19.0 Å². The first-order chi connectivity index (χ1) is 10.7. The predicted octanol–water partition coefficient (Wildman–Crippen LogP) is 2.57. The van der Waals surface area contributed by atoms with E-state index >= 15 is 0 Å². The highest BCUT2D eigenvalue weighted by molar-refractivity contribution is 6.05. The largest absolute Gasteiger partial charge is 0.493 e. The van der Waals surface area contributed by atoms with Crippen molar-refractivity contribution in [2.45, 2.75) is 13.5 Å². The number of pyridine rings is 1. The number of nitrogens with zero attached hydrogens (tertiary/aromatic N) is 1. The third-order valence-corrected chi connectivity index (χ3v) is 3.31. The zero-order valence-electron chi connectivity index (χ0n) is 13.6. The quantitative estimate of drug-likeness (QED) is 0.815. The standard InChI is InChI=1S/C16H20N2O4.ClH/c1-5-22-16(19)12-8-18-13(9-17-2)11-7-15(21-4)14(20-3)6-10(11)12;/h6-8,17H,5,9H2,1-4H3;1H. The van der Waals surface area contributed by atoms with Crippen LogP contribution in [0.3, 0.4) is 0 Å². The van der Waals surface area contributed by atoms with Crippen molar-refractivity contribution in [2.75, 3.05) is 27.9 Å². The van der Waals surface area contributed by atoms with Crippen molar-refractivity contribution in [1.29, 1.82) is 0 Å². The lowest BCUT2D eigenvalue weighted by Gasteiger charge is -2.14. The van der Waals surface area contributed by atoms with E-state index in [1.165, 1.54) is 0 Å². The van der Waals surface area contributed by atoms with Crippen LogP contribution in [0.15, 0.2) is 18.3 Å². The van der Waals surface area contributed by atoms with Gasteiger partial charge < -0.3 is 19.5 Å². The fraction of sp³-hybridized carbons (Fsp3) is 0.375. The second-order valence-electron chi connectivity index (χ2n) is 4.62. The van der Waals surface area contributed by atoms with Gasteiger partial charge in [0.2, 0.25) is 0 Å². The molecule has 0 saturated carbocycles. The van der Waals surface area contributed by atoms with Crippen molar-refractivity contribution in [3.63, 3.8) is 0 Å². The van der Waals surface area contributed by atoms with E-state index in [0.717, 1.165) is 16.5 Å². The van der Waals surface area contributed by atoms with E-state index in [9.17, 15) is 4.79 Å². The maximum absolute atomic E-state index is 12.1. The van der Waals surface area contributed by atoms with Crippen LogP contribution in [0.4, 0.5) is 0 Å². The number of aromatic nitrogens is 1. The minimum absolute atomic E-state index is 0. The van der Waals surface area contributed by atoms with Crippen LogP contribution in [0.1, 0.15) is 23.0 Å². The Bertz CT molecular complexity index is 691. The van der Waals surface area contributed by atoms with Gasteiger partial charge in [0.25, 0.3) is 0 Å². The van der Waals surface area contributed by atoms with Gasteiger partial charge in [-0.05, 0) is 26.1 Å². The number of nitrogens with one attached hydrogen (secondary N) is 1. The van der Waals surface area contributed by atoms with E-state index in [4.69, 9.17) is 14.2 Å². The Morgan fingerprint density at radius 1 is 1.17 bits per heavy atom. The zero-order chi connectivity index (χ0) is 16.1. The molecule has 0 aliphatic rings. The molecule has 1 aromatic heterocycles. The first-order valence-electron chi connectivity index (χ1n) is 7.01. The van der Waals surface area contributed by atoms with E-state index < -0.39 is 5.97 Å². The number of hydrogen-bond acceptors (Lipinski definition) is 6. The number of hydrogen-bond donors (Lipinski definition) is 1.